The maximum atomic E-state index is 14.4. The Morgan fingerprint density at radius 2 is 1.39 bits per heavy atom. The zero-order chi connectivity index (χ0) is 22.8. The molecule has 3 aromatic rings. The number of methoxy groups -OCH3 is 2. The van der Waals surface area contributed by atoms with Crippen LogP contribution in [0, 0.1) is 20.8 Å². The summed E-state index contributed by atoms with van der Waals surface area (Å²) < 4.78 is 25.0. The van der Waals surface area contributed by atoms with Crippen LogP contribution in [0.5, 0.6) is 11.5 Å². The number of carbonyl (C=O) groups excluding carboxylic acids is 2. The summed E-state index contributed by atoms with van der Waals surface area (Å²) in [5.74, 6) is 0.685. The van der Waals surface area contributed by atoms with Crippen molar-refractivity contribution >= 4 is 23.5 Å². The molecule has 0 radical (unpaired) electrons. The Morgan fingerprint density at radius 1 is 0.774 bits per heavy atom. The molecule has 5 nitrogen and oxygen atoms in total. The van der Waals surface area contributed by atoms with E-state index in [1.807, 2.05) is 19.1 Å². The molecule has 0 fully saturated rings. The van der Waals surface area contributed by atoms with Gasteiger partial charge in [0.05, 0.1) is 19.8 Å². The predicted molar refractivity (Wildman–Crippen MR) is 123 cm³/mol. The average Bonchev–Trinajstić information content (AvgIpc) is 2.77. The first-order valence-corrected chi connectivity index (χ1v) is 11.5. The van der Waals surface area contributed by atoms with Gasteiger partial charge in [-0.2, -0.15) is 0 Å². The molecule has 6 heteroatoms. The van der Waals surface area contributed by atoms with Gasteiger partial charge in [0.15, 0.2) is 0 Å². The number of hydrogen-bond acceptors (Lipinski definition) is 5. The average molecular weight is 436 g/mol. The molecular weight excluding hydrogens is 411 g/mol. The third-order valence-electron chi connectivity index (χ3n) is 5.22. The first-order valence-electron chi connectivity index (χ1n) is 9.79. The zero-order valence-corrected chi connectivity index (χ0v) is 19.2. The molecule has 0 amide bonds. The molecule has 1 unspecified atom stereocenters. The van der Waals surface area contributed by atoms with Crippen LogP contribution in [0.15, 0.2) is 60.7 Å². The van der Waals surface area contributed by atoms with Crippen molar-refractivity contribution in [2.45, 2.75) is 20.8 Å². The van der Waals surface area contributed by atoms with E-state index >= 15 is 0 Å². The van der Waals surface area contributed by atoms with Gasteiger partial charge in [-0.3, -0.25) is 9.59 Å². The van der Waals surface area contributed by atoms with Crippen molar-refractivity contribution in [3.05, 3.63) is 88.5 Å². The van der Waals surface area contributed by atoms with E-state index in [4.69, 9.17) is 9.47 Å². The Kier molecular flexibility index (Phi) is 6.47. The summed E-state index contributed by atoms with van der Waals surface area (Å²) in [6, 6.07) is 16.5. The minimum absolute atomic E-state index is 0.0752. The molecule has 0 saturated carbocycles. The number of aryl methyl sites for hydroxylation is 3. The fraction of sp³-hybridized carbons (Fsp3) is 0.200. The van der Waals surface area contributed by atoms with Gasteiger partial charge in [0.1, 0.15) is 11.5 Å². The molecule has 0 bridgehead atoms. The standard InChI is InChI=1S/C25H25O5P/c1-16-13-17(2)23(18(3)14-16)25(27)31(28,20-9-7-6-8-10-20)24(26)21-12-11-19(29-4)15-22(21)30-5/h6-15H,1-5H3. The molecule has 0 aliphatic rings. The van der Waals surface area contributed by atoms with Crippen LogP contribution in [0.4, 0.5) is 0 Å². The molecule has 3 aromatic carbocycles. The largest absolute Gasteiger partial charge is 0.497 e. The predicted octanol–water partition coefficient (Wildman–Crippen LogP) is 5.30. The Labute approximate surface area is 182 Å². The van der Waals surface area contributed by atoms with Gasteiger partial charge in [0, 0.05) is 16.9 Å². The molecule has 0 aromatic heterocycles. The fourth-order valence-corrected chi connectivity index (χ4v) is 6.22. The maximum absolute atomic E-state index is 14.4. The molecule has 1 atom stereocenters. The van der Waals surface area contributed by atoms with Gasteiger partial charge in [-0.15, -0.1) is 0 Å². The smallest absolute Gasteiger partial charge is 0.248 e. The van der Waals surface area contributed by atoms with Gasteiger partial charge in [-0.1, -0.05) is 48.0 Å². The third-order valence-corrected chi connectivity index (χ3v) is 7.86. The summed E-state index contributed by atoms with van der Waals surface area (Å²) in [7, 11) is -1.32. The molecule has 160 valence electrons. The second kappa shape index (κ2) is 8.91. The van der Waals surface area contributed by atoms with Crippen LogP contribution < -0.4 is 14.8 Å². The molecule has 3 rings (SSSR count). The lowest BCUT2D eigenvalue weighted by molar-refractivity contribution is 0.103. The summed E-state index contributed by atoms with van der Waals surface area (Å²) in [4.78, 5) is 27.6. The highest BCUT2D eigenvalue weighted by Crippen LogP contribution is 2.53. The molecule has 0 spiro atoms. The van der Waals surface area contributed by atoms with Crippen LogP contribution >= 0.6 is 7.14 Å². The van der Waals surface area contributed by atoms with Crippen molar-refractivity contribution < 1.29 is 23.6 Å². The Morgan fingerprint density at radius 3 is 1.94 bits per heavy atom. The van der Waals surface area contributed by atoms with Crippen molar-refractivity contribution in [2.75, 3.05) is 14.2 Å². The number of benzene rings is 3. The molecule has 0 aliphatic carbocycles. The van der Waals surface area contributed by atoms with E-state index in [-0.39, 0.29) is 16.6 Å². The Bertz CT molecular complexity index is 1170. The summed E-state index contributed by atoms with van der Waals surface area (Å²) >= 11 is 0. The topological polar surface area (TPSA) is 69.7 Å². The molecule has 0 N–H and O–H groups in total. The number of carbonyl (C=O) groups is 2. The minimum atomic E-state index is -4.23. The van der Waals surface area contributed by atoms with Crippen LogP contribution in [0.1, 0.15) is 37.4 Å². The van der Waals surface area contributed by atoms with E-state index < -0.39 is 18.2 Å². The van der Waals surface area contributed by atoms with Crippen molar-refractivity contribution in [1.29, 1.82) is 0 Å². The summed E-state index contributed by atoms with van der Waals surface area (Å²) in [6.45, 7) is 5.51. The van der Waals surface area contributed by atoms with Gasteiger partial charge in [-0.05, 0) is 44.0 Å². The monoisotopic (exact) mass is 436 g/mol. The quantitative estimate of drug-likeness (QED) is 0.470. The van der Waals surface area contributed by atoms with E-state index in [1.165, 1.54) is 26.4 Å². The Balaban J connectivity index is 2.27. The molecule has 0 saturated heterocycles. The van der Waals surface area contributed by atoms with Gasteiger partial charge < -0.3 is 14.0 Å². The van der Waals surface area contributed by atoms with E-state index in [2.05, 4.69) is 0 Å². The highest BCUT2D eigenvalue weighted by atomic mass is 31.2. The second-order valence-corrected chi connectivity index (χ2v) is 9.94. The van der Waals surface area contributed by atoms with Crippen LogP contribution in [0.2, 0.25) is 0 Å². The summed E-state index contributed by atoms with van der Waals surface area (Å²) in [6.07, 6.45) is 0. The van der Waals surface area contributed by atoms with Gasteiger partial charge >= 0.3 is 0 Å². The summed E-state index contributed by atoms with van der Waals surface area (Å²) in [5.41, 5.74) is 1.33. The summed E-state index contributed by atoms with van der Waals surface area (Å²) in [5, 5.41) is 0.197. The lowest BCUT2D eigenvalue weighted by atomic mass is 10.0. The van der Waals surface area contributed by atoms with Gasteiger partial charge in [-0.25, -0.2) is 0 Å². The number of hydrogen-bond donors (Lipinski definition) is 0. The Hall–Kier alpha value is -3.17. The SMILES string of the molecule is COc1ccc(C(=O)P(=O)(C(=O)c2c(C)cc(C)cc2C)c2ccccc2)c(OC)c1. The number of ether oxygens (including phenoxy) is 2. The van der Waals surface area contributed by atoms with Crippen LogP contribution in [-0.4, -0.2) is 25.3 Å². The van der Waals surface area contributed by atoms with E-state index in [0.29, 0.717) is 22.4 Å². The van der Waals surface area contributed by atoms with Crippen molar-refractivity contribution in [3.63, 3.8) is 0 Å². The first kappa shape index (κ1) is 22.5. The number of rotatable bonds is 7. The van der Waals surface area contributed by atoms with Crippen LogP contribution in [0.3, 0.4) is 0 Å². The highest BCUT2D eigenvalue weighted by molar-refractivity contribution is 8.01. The molecular formula is C25H25O5P. The molecule has 0 heterocycles. The van der Waals surface area contributed by atoms with Crippen molar-refractivity contribution in [1.82, 2.24) is 0 Å². The normalized spacial score (nSPS) is 12.7. The van der Waals surface area contributed by atoms with Crippen LogP contribution in [-0.2, 0) is 4.57 Å². The van der Waals surface area contributed by atoms with Gasteiger partial charge in [0.2, 0.25) is 18.2 Å². The minimum Gasteiger partial charge on any atom is -0.497 e. The van der Waals surface area contributed by atoms with Crippen LogP contribution in [0.25, 0.3) is 0 Å². The van der Waals surface area contributed by atoms with E-state index in [1.54, 1.807) is 50.2 Å². The molecule has 31 heavy (non-hydrogen) atoms. The lowest BCUT2D eigenvalue weighted by Crippen LogP contribution is -2.22. The first-order chi connectivity index (χ1) is 14.7. The van der Waals surface area contributed by atoms with Crippen molar-refractivity contribution in [3.8, 4) is 11.5 Å². The fourth-order valence-electron chi connectivity index (χ4n) is 3.78. The third kappa shape index (κ3) is 4.06. The maximum Gasteiger partial charge on any atom is 0.248 e. The van der Waals surface area contributed by atoms with Crippen molar-refractivity contribution in [2.24, 2.45) is 0 Å². The molecule has 0 aliphatic heterocycles. The van der Waals surface area contributed by atoms with E-state index in [0.717, 1.165) is 5.56 Å². The highest BCUT2D eigenvalue weighted by Gasteiger charge is 2.44. The van der Waals surface area contributed by atoms with Gasteiger partial charge in [0.25, 0.3) is 0 Å². The van der Waals surface area contributed by atoms with E-state index in [9.17, 15) is 14.2 Å². The zero-order valence-electron chi connectivity index (χ0n) is 18.3. The second-order valence-electron chi connectivity index (χ2n) is 7.40. The lowest BCUT2D eigenvalue weighted by Gasteiger charge is -2.20.